The molecule has 6 heteroatoms. The lowest BCUT2D eigenvalue weighted by atomic mass is 9.96. The Morgan fingerprint density at radius 1 is 1.07 bits per heavy atom. The van der Waals surface area contributed by atoms with Crippen LogP contribution in [0.1, 0.15) is 29.7 Å². The predicted octanol–water partition coefficient (Wildman–Crippen LogP) is 2.79. The molecule has 3 rings (SSSR count). The normalized spacial score (nSPS) is 16.0. The SMILES string of the molecule is CCS(=O)(=O)NC[C@H](c1ccc(N(C)C)cc1)N1CCc2ccccc2C1. The van der Waals surface area contributed by atoms with Crippen LogP contribution in [0.3, 0.4) is 0 Å². The van der Waals surface area contributed by atoms with Gasteiger partial charge >= 0.3 is 0 Å². The Morgan fingerprint density at radius 3 is 2.37 bits per heavy atom. The van der Waals surface area contributed by atoms with Crippen molar-refractivity contribution < 1.29 is 8.42 Å². The number of fused-ring (bicyclic) bond motifs is 1. The molecule has 2 aromatic carbocycles. The average Bonchev–Trinajstić information content (AvgIpc) is 2.68. The minimum atomic E-state index is -3.23. The molecule has 1 heterocycles. The summed E-state index contributed by atoms with van der Waals surface area (Å²) in [7, 11) is 0.806. The van der Waals surface area contributed by atoms with Gasteiger partial charge in [0.1, 0.15) is 0 Å². The Morgan fingerprint density at radius 2 is 1.74 bits per heavy atom. The van der Waals surface area contributed by atoms with Gasteiger partial charge < -0.3 is 4.90 Å². The molecule has 1 N–H and O–H groups in total. The highest BCUT2D eigenvalue weighted by atomic mass is 32.2. The Hall–Kier alpha value is -1.89. The maximum absolute atomic E-state index is 12.0. The van der Waals surface area contributed by atoms with Gasteiger partial charge in [0.2, 0.25) is 10.0 Å². The van der Waals surface area contributed by atoms with Crippen LogP contribution < -0.4 is 9.62 Å². The number of hydrogen-bond donors (Lipinski definition) is 1. The van der Waals surface area contributed by atoms with Crippen molar-refractivity contribution in [2.45, 2.75) is 25.9 Å². The summed E-state index contributed by atoms with van der Waals surface area (Å²) in [5.41, 5.74) is 5.00. The summed E-state index contributed by atoms with van der Waals surface area (Å²) in [4.78, 5) is 4.45. The van der Waals surface area contributed by atoms with Crippen molar-refractivity contribution in [3.8, 4) is 0 Å². The molecule has 0 aromatic heterocycles. The predicted molar refractivity (Wildman–Crippen MR) is 112 cm³/mol. The minimum absolute atomic E-state index is 0.0101. The molecule has 1 aliphatic rings. The van der Waals surface area contributed by atoms with Crippen molar-refractivity contribution in [3.05, 3.63) is 65.2 Å². The van der Waals surface area contributed by atoms with E-state index < -0.39 is 10.0 Å². The lowest BCUT2D eigenvalue weighted by Gasteiger charge is -2.36. The van der Waals surface area contributed by atoms with Crippen LogP contribution in [0.4, 0.5) is 5.69 Å². The number of hydrogen-bond acceptors (Lipinski definition) is 4. The zero-order chi connectivity index (χ0) is 19.4. The van der Waals surface area contributed by atoms with E-state index in [4.69, 9.17) is 0 Å². The maximum Gasteiger partial charge on any atom is 0.211 e. The van der Waals surface area contributed by atoms with Gasteiger partial charge in [-0.15, -0.1) is 0 Å². The number of sulfonamides is 1. The van der Waals surface area contributed by atoms with Gasteiger partial charge in [-0.05, 0) is 42.2 Å². The highest BCUT2D eigenvalue weighted by Gasteiger charge is 2.26. The molecule has 146 valence electrons. The fourth-order valence-electron chi connectivity index (χ4n) is 3.54. The van der Waals surface area contributed by atoms with Crippen LogP contribution in [0.2, 0.25) is 0 Å². The van der Waals surface area contributed by atoms with Gasteiger partial charge in [-0.25, -0.2) is 13.1 Å². The Bertz CT molecular complexity index is 863. The molecule has 27 heavy (non-hydrogen) atoms. The summed E-state index contributed by atoms with van der Waals surface area (Å²) >= 11 is 0. The van der Waals surface area contributed by atoms with E-state index in [1.165, 1.54) is 11.1 Å². The lowest BCUT2D eigenvalue weighted by molar-refractivity contribution is 0.180. The van der Waals surface area contributed by atoms with E-state index in [9.17, 15) is 8.42 Å². The van der Waals surface area contributed by atoms with Crippen LogP contribution >= 0.6 is 0 Å². The molecule has 1 atom stereocenters. The highest BCUT2D eigenvalue weighted by Crippen LogP contribution is 2.28. The number of nitrogens with one attached hydrogen (secondary N) is 1. The van der Waals surface area contributed by atoms with Crippen molar-refractivity contribution >= 4 is 15.7 Å². The molecule has 0 spiro atoms. The first-order valence-corrected chi connectivity index (χ1v) is 11.1. The second-order valence-electron chi connectivity index (χ2n) is 7.24. The molecule has 0 radical (unpaired) electrons. The quantitative estimate of drug-likeness (QED) is 0.794. The first-order chi connectivity index (χ1) is 12.9. The van der Waals surface area contributed by atoms with Crippen molar-refractivity contribution in [1.29, 1.82) is 0 Å². The van der Waals surface area contributed by atoms with E-state index in [1.807, 2.05) is 14.1 Å². The van der Waals surface area contributed by atoms with Crippen LogP contribution in [0.25, 0.3) is 0 Å². The van der Waals surface area contributed by atoms with Gasteiger partial charge in [-0.3, -0.25) is 4.90 Å². The number of benzene rings is 2. The third kappa shape index (κ3) is 4.89. The molecule has 0 aliphatic carbocycles. The summed E-state index contributed by atoms with van der Waals surface area (Å²) in [6.45, 7) is 3.81. The summed E-state index contributed by atoms with van der Waals surface area (Å²) in [6, 6.07) is 16.9. The van der Waals surface area contributed by atoms with E-state index in [2.05, 4.69) is 63.1 Å². The van der Waals surface area contributed by atoms with E-state index >= 15 is 0 Å². The summed E-state index contributed by atoms with van der Waals surface area (Å²) < 4.78 is 26.8. The molecule has 0 bridgehead atoms. The lowest BCUT2D eigenvalue weighted by Crippen LogP contribution is -2.41. The molecule has 1 aliphatic heterocycles. The van der Waals surface area contributed by atoms with Crippen LogP contribution in [0, 0.1) is 0 Å². The fourth-order valence-corrected chi connectivity index (χ4v) is 4.16. The molecular formula is C21H29N3O2S. The smallest absolute Gasteiger partial charge is 0.211 e. The van der Waals surface area contributed by atoms with E-state index in [-0.39, 0.29) is 11.8 Å². The number of anilines is 1. The van der Waals surface area contributed by atoms with Gasteiger partial charge in [-0.1, -0.05) is 36.4 Å². The third-order valence-electron chi connectivity index (χ3n) is 5.27. The second-order valence-corrected chi connectivity index (χ2v) is 9.34. The largest absolute Gasteiger partial charge is 0.378 e. The molecule has 5 nitrogen and oxygen atoms in total. The maximum atomic E-state index is 12.0. The fraction of sp³-hybridized carbons (Fsp3) is 0.429. The Labute approximate surface area is 163 Å². The highest BCUT2D eigenvalue weighted by molar-refractivity contribution is 7.89. The van der Waals surface area contributed by atoms with Gasteiger partial charge in [0.15, 0.2) is 0 Å². The Balaban J connectivity index is 1.85. The average molecular weight is 388 g/mol. The molecule has 0 fully saturated rings. The Kier molecular flexibility index (Phi) is 6.19. The van der Waals surface area contributed by atoms with Crippen molar-refractivity contribution in [1.82, 2.24) is 9.62 Å². The summed E-state index contributed by atoms with van der Waals surface area (Å²) in [5.74, 6) is 0.0993. The minimum Gasteiger partial charge on any atom is -0.378 e. The van der Waals surface area contributed by atoms with Crippen LogP contribution in [-0.4, -0.2) is 46.3 Å². The standard InChI is InChI=1S/C21H29N3O2S/c1-4-27(25,26)22-15-21(18-9-11-20(12-10-18)23(2)3)24-14-13-17-7-5-6-8-19(17)16-24/h5-12,21-22H,4,13-16H2,1-3H3/t21-/m1/s1. The molecule has 0 unspecified atom stereocenters. The van der Waals surface area contributed by atoms with E-state index in [0.717, 1.165) is 30.8 Å². The first kappa shape index (κ1) is 19.9. The number of nitrogens with zero attached hydrogens (tertiary/aromatic N) is 2. The van der Waals surface area contributed by atoms with E-state index in [1.54, 1.807) is 6.92 Å². The van der Waals surface area contributed by atoms with E-state index in [0.29, 0.717) is 6.54 Å². The molecule has 2 aromatic rings. The topological polar surface area (TPSA) is 52.7 Å². The zero-order valence-electron chi connectivity index (χ0n) is 16.4. The van der Waals surface area contributed by atoms with Crippen molar-refractivity contribution in [2.24, 2.45) is 0 Å². The molecule has 0 saturated carbocycles. The second kappa shape index (κ2) is 8.42. The number of rotatable bonds is 7. The third-order valence-corrected chi connectivity index (χ3v) is 6.64. The zero-order valence-corrected chi connectivity index (χ0v) is 17.2. The van der Waals surface area contributed by atoms with Gasteiger partial charge in [-0.2, -0.15) is 0 Å². The molecular weight excluding hydrogens is 358 g/mol. The molecule has 0 amide bonds. The van der Waals surface area contributed by atoms with Gasteiger partial charge in [0.05, 0.1) is 5.75 Å². The van der Waals surface area contributed by atoms with Crippen LogP contribution in [0.15, 0.2) is 48.5 Å². The van der Waals surface area contributed by atoms with Crippen LogP contribution in [-0.2, 0) is 23.0 Å². The van der Waals surface area contributed by atoms with Gasteiger partial charge in [0.25, 0.3) is 0 Å². The van der Waals surface area contributed by atoms with Crippen molar-refractivity contribution in [3.63, 3.8) is 0 Å². The van der Waals surface area contributed by atoms with Gasteiger partial charge in [0, 0.05) is 45.5 Å². The summed E-state index contributed by atoms with van der Waals surface area (Å²) in [6.07, 6.45) is 0.989. The van der Waals surface area contributed by atoms with Crippen LogP contribution in [0.5, 0.6) is 0 Å². The first-order valence-electron chi connectivity index (χ1n) is 9.45. The molecule has 0 saturated heterocycles. The monoisotopic (exact) mass is 387 g/mol. The van der Waals surface area contributed by atoms with Crippen molar-refractivity contribution in [2.75, 3.05) is 37.8 Å². The summed E-state index contributed by atoms with van der Waals surface area (Å²) in [5, 5.41) is 0.